The van der Waals surface area contributed by atoms with Gasteiger partial charge in [0.15, 0.2) is 0 Å². The Hall–Kier alpha value is -1.49. The molecule has 2 rings (SSSR count). The van der Waals surface area contributed by atoms with Crippen LogP contribution in [0.3, 0.4) is 0 Å². The van der Waals surface area contributed by atoms with E-state index in [9.17, 15) is 9.59 Å². The van der Waals surface area contributed by atoms with Crippen LogP contribution in [-0.2, 0) is 9.59 Å². The van der Waals surface area contributed by atoms with E-state index in [-0.39, 0.29) is 18.2 Å². The summed E-state index contributed by atoms with van der Waals surface area (Å²) in [6.07, 6.45) is -0.0815. The number of para-hydroxylation sites is 1. The maximum atomic E-state index is 11.4. The molecule has 0 atom stereocenters. The fraction of sp³-hybridized carbons (Fsp3) is 0.111. The van der Waals surface area contributed by atoms with E-state index in [2.05, 4.69) is 4.72 Å². The molecule has 5 heteroatoms. The average molecular weight is 208 g/mol. The molecular weight excluding hydrogens is 200 g/mol. The standard InChI is InChI=1S/C9H8N2O2S/c12-8-6-9(13)11(14-10-8)7-4-2-1-3-5-7/h1-5H,6H2,(H,10,12). The number of hydrogen-bond donors (Lipinski definition) is 1. The number of nitrogens with zero attached hydrogens (tertiary/aromatic N) is 1. The molecule has 1 aliphatic heterocycles. The van der Waals surface area contributed by atoms with Gasteiger partial charge in [0.05, 0.1) is 17.8 Å². The summed E-state index contributed by atoms with van der Waals surface area (Å²) in [5, 5.41) is 0. The van der Waals surface area contributed by atoms with Crippen molar-refractivity contribution < 1.29 is 9.59 Å². The van der Waals surface area contributed by atoms with Crippen molar-refractivity contribution in [2.24, 2.45) is 0 Å². The summed E-state index contributed by atoms with van der Waals surface area (Å²) in [4.78, 5) is 22.3. The monoisotopic (exact) mass is 208 g/mol. The molecule has 0 bridgehead atoms. The Bertz CT molecular complexity index is 366. The van der Waals surface area contributed by atoms with Crippen LogP contribution in [0.4, 0.5) is 5.69 Å². The van der Waals surface area contributed by atoms with Crippen LogP contribution in [0.5, 0.6) is 0 Å². The lowest BCUT2D eigenvalue weighted by atomic mass is 10.3. The van der Waals surface area contributed by atoms with E-state index in [1.165, 1.54) is 4.31 Å². The molecule has 1 aliphatic rings. The topological polar surface area (TPSA) is 49.4 Å². The number of rotatable bonds is 1. The molecule has 1 heterocycles. The molecule has 1 N–H and O–H groups in total. The number of carbonyl (C=O) groups is 2. The minimum absolute atomic E-state index is 0.0815. The third-order valence-corrected chi connectivity index (χ3v) is 2.70. The number of carbonyl (C=O) groups excluding carboxylic acids is 2. The lowest BCUT2D eigenvalue weighted by Gasteiger charge is -2.24. The second-order valence-electron chi connectivity index (χ2n) is 2.82. The Morgan fingerprint density at radius 2 is 1.93 bits per heavy atom. The molecule has 72 valence electrons. The molecule has 0 unspecified atom stereocenters. The van der Waals surface area contributed by atoms with Gasteiger partial charge in [-0.15, -0.1) is 0 Å². The lowest BCUT2D eigenvalue weighted by molar-refractivity contribution is -0.126. The van der Waals surface area contributed by atoms with Crippen LogP contribution in [0, 0.1) is 0 Å². The Kier molecular flexibility index (Phi) is 2.41. The van der Waals surface area contributed by atoms with Gasteiger partial charge < -0.3 is 0 Å². The van der Waals surface area contributed by atoms with Gasteiger partial charge in [-0.2, -0.15) is 0 Å². The van der Waals surface area contributed by atoms with Gasteiger partial charge in [-0.3, -0.25) is 14.3 Å². The Morgan fingerprint density at radius 3 is 2.57 bits per heavy atom. The highest BCUT2D eigenvalue weighted by atomic mass is 32.2. The normalized spacial score (nSPS) is 16.7. The van der Waals surface area contributed by atoms with Gasteiger partial charge in [-0.05, 0) is 12.1 Å². The van der Waals surface area contributed by atoms with E-state index in [0.29, 0.717) is 0 Å². The minimum atomic E-state index is -0.243. The predicted molar refractivity (Wildman–Crippen MR) is 54.3 cm³/mol. The van der Waals surface area contributed by atoms with Crippen molar-refractivity contribution in [3.05, 3.63) is 30.3 Å². The lowest BCUT2D eigenvalue weighted by Crippen LogP contribution is -2.38. The molecular formula is C9H8N2O2S. The zero-order valence-corrected chi connectivity index (χ0v) is 8.08. The van der Waals surface area contributed by atoms with Crippen molar-refractivity contribution in [2.45, 2.75) is 6.42 Å². The van der Waals surface area contributed by atoms with E-state index in [1.807, 2.05) is 30.3 Å². The minimum Gasteiger partial charge on any atom is -0.281 e. The number of benzene rings is 1. The first-order valence-electron chi connectivity index (χ1n) is 4.11. The molecule has 2 amide bonds. The van der Waals surface area contributed by atoms with E-state index < -0.39 is 0 Å². The summed E-state index contributed by atoms with van der Waals surface area (Å²) in [6.45, 7) is 0. The number of hydrogen-bond acceptors (Lipinski definition) is 3. The molecule has 1 aromatic rings. The van der Waals surface area contributed by atoms with E-state index in [1.54, 1.807) is 0 Å². The van der Waals surface area contributed by atoms with Crippen LogP contribution >= 0.6 is 12.1 Å². The van der Waals surface area contributed by atoms with Gasteiger partial charge in [-0.1, -0.05) is 18.2 Å². The molecule has 14 heavy (non-hydrogen) atoms. The highest BCUT2D eigenvalue weighted by molar-refractivity contribution is 8.00. The van der Waals surface area contributed by atoms with Crippen LogP contribution in [0.1, 0.15) is 6.42 Å². The molecule has 0 radical (unpaired) electrons. The SMILES string of the molecule is O=C1CC(=O)N(c2ccccc2)SN1. The van der Waals surface area contributed by atoms with E-state index >= 15 is 0 Å². The summed E-state index contributed by atoms with van der Waals surface area (Å²) in [5.74, 6) is -0.433. The van der Waals surface area contributed by atoms with Crippen LogP contribution < -0.4 is 9.03 Å². The van der Waals surface area contributed by atoms with Gasteiger partial charge in [-0.25, -0.2) is 4.31 Å². The molecule has 1 saturated heterocycles. The van der Waals surface area contributed by atoms with Gasteiger partial charge in [0.25, 0.3) is 0 Å². The van der Waals surface area contributed by atoms with E-state index in [4.69, 9.17) is 0 Å². The van der Waals surface area contributed by atoms with Crippen LogP contribution in [-0.4, -0.2) is 11.8 Å². The molecule has 0 aromatic heterocycles. The summed E-state index contributed by atoms with van der Waals surface area (Å²) < 4.78 is 4.02. The molecule has 1 fully saturated rings. The highest BCUT2D eigenvalue weighted by Gasteiger charge is 2.25. The van der Waals surface area contributed by atoms with Gasteiger partial charge >= 0.3 is 0 Å². The maximum Gasteiger partial charge on any atom is 0.247 e. The predicted octanol–water partition coefficient (Wildman–Crippen LogP) is 1.10. The first-order valence-corrected chi connectivity index (χ1v) is 4.88. The third-order valence-electron chi connectivity index (χ3n) is 1.78. The second kappa shape index (κ2) is 3.71. The van der Waals surface area contributed by atoms with Crippen molar-refractivity contribution in [3.8, 4) is 0 Å². The average Bonchev–Trinajstić information content (AvgIpc) is 2.19. The first-order chi connectivity index (χ1) is 6.77. The Balaban J connectivity index is 2.20. The van der Waals surface area contributed by atoms with Crippen LogP contribution in [0.2, 0.25) is 0 Å². The number of anilines is 1. The molecule has 0 saturated carbocycles. The zero-order chi connectivity index (χ0) is 9.97. The van der Waals surface area contributed by atoms with Crippen molar-refractivity contribution >= 4 is 29.6 Å². The maximum absolute atomic E-state index is 11.4. The van der Waals surface area contributed by atoms with E-state index in [0.717, 1.165) is 17.8 Å². The van der Waals surface area contributed by atoms with Gasteiger partial charge in [0, 0.05) is 0 Å². The Labute approximate surface area is 85.5 Å². The molecule has 4 nitrogen and oxygen atoms in total. The summed E-state index contributed by atoms with van der Waals surface area (Å²) >= 11 is 1.02. The highest BCUT2D eigenvalue weighted by Crippen LogP contribution is 2.23. The third kappa shape index (κ3) is 1.72. The first kappa shape index (κ1) is 9.08. The summed E-state index contributed by atoms with van der Waals surface area (Å²) in [6, 6.07) is 9.21. The number of nitrogens with one attached hydrogen (secondary N) is 1. The molecule has 0 spiro atoms. The van der Waals surface area contributed by atoms with Gasteiger partial charge in [0.1, 0.15) is 6.42 Å². The molecule has 1 aromatic carbocycles. The van der Waals surface area contributed by atoms with Crippen LogP contribution in [0.15, 0.2) is 30.3 Å². The van der Waals surface area contributed by atoms with Crippen molar-refractivity contribution in [1.82, 2.24) is 4.72 Å². The zero-order valence-electron chi connectivity index (χ0n) is 7.27. The quantitative estimate of drug-likeness (QED) is 0.555. The molecule has 0 aliphatic carbocycles. The van der Waals surface area contributed by atoms with Gasteiger partial charge in [0.2, 0.25) is 11.8 Å². The number of amides is 2. The summed E-state index contributed by atoms with van der Waals surface area (Å²) in [7, 11) is 0. The summed E-state index contributed by atoms with van der Waals surface area (Å²) in [5.41, 5.74) is 0.780. The fourth-order valence-corrected chi connectivity index (χ4v) is 1.81. The van der Waals surface area contributed by atoms with Crippen molar-refractivity contribution in [1.29, 1.82) is 0 Å². The van der Waals surface area contributed by atoms with Crippen LogP contribution in [0.25, 0.3) is 0 Å². The largest absolute Gasteiger partial charge is 0.281 e. The van der Waals surface area contributed by atoms with Crippen molar-refractivity contribution in [2.75, 3.05) is 4.31 Å². The second-order valence-corrected chi connectivity index (χ2v) is 3.57. The van der Waals surface area contributed by atoms with Crippen molar-refractivity contribution in [3.63, 3.8) is 0 Å². The fourth-order valence-electron chi connectivity index (χ4n) is 1.15. The Morgan fingerprint density at radius 1 is 1.21 bits per heavy atom. The smallest absolute Gasteiger partial charge is 0.247 e.